The van der Waals surface area contributed by atoms with Crippen LogP contribution in [0.25, 0.3) is 15.9 Å². The van der Waals surface area contributed by atoms with Gasteiger partial charge in [-0.1, -0.05) is 18.7 Å². The monoisotopic (exact) mass is 347 g/mol. The van der Waals surface area contributed by atoms with Gasteiger partial charge >= 0.3 is 0 Å². The molecule has 3 heterocycles. The Bertz CT molecular complexity index is 851. The standard InChI is InChI=1S/C16H21N5S2/c1-10-4-5-12-11(8-10)13-14-17-9-18-21(14)16(19-15(13)23-12)22-7-6-20(2)3/h9-10H,4-8H2,1-3H3. The maximum absolute atomic E-state index is 4.93. The average molecular weight is 348 g/mol. The van der Waals surface area contributed by atoms with Crippen LogP contribution in [0.5, 0.6) is 0 Å². The summed E-state index contributed by atoms with van der Waals surface area (Å²) in [6.07, 6.45) is 5.27. The van der Waals surface area contributed by atoms with Crippen molar-refractivity contribution in [3.8, 4) is 0 Å². The Balaban J connectivity index is 1.81. The number of aryl methyl sites for hydroxylation is 1. The van der Waals surface area contributed by atoms with E-state index in [4.69, 9.17) is 4.98 Å². The second-order valence-electron chi connectivity index (χ2n) is 6.57. The van der Waals surface area contributed by atoms with Crippen LogP contribution in [0, 0.1) is 5.92 Å². The molecule has 0 spiro atoms. The second-order valence-corrected chi connectivity index (χ2v) is 8.72. The van der Waals surface area contributed by atoms with Crippen LogP contribution in [-0.4, -0.2) is 50.9 Å². The number of thioether (sulfide) groups is 1. The molecule has 0 saturated carbocycles. The summed E-state index contributed by atoms with van der Waals surface area (Å²) in [5.41, 5.74) is 2.45. The van der Waals surface area contributed by atoms with E-state index in [1.807, 2.05) is 15.9 Å². The van der Waals surface area contributed by atoms with Gasteiger partial charge in [0, 0.05) is 17.2 Å². The van der Waals surface area contributed by atoms with E-state index in [0.29, 0.717) is 0 Å². The van der Waals surface area contributed by atoms with Gasteiger partial charge in [-0.05, 0) is 44.8 Å². The van der Waals surface area contributed by atoms with Gasteiger partial charge < -0.3 is 4.90 Å². The van der Waals surface area contributed by atoms with E-state index >= 15 is 0 Å². The SMILES string of the molecule is CC1CCc2sc3nc(SCCN(C)C)n4ncnc4c3c2C1. The molecule has 7 heteroatoms. The Morgan fingerprint density at radius 3 is 3.13 bits per heavy atom. The fourth-order valence-corrected chi connectivity index (χ4v) is 5.47. The number of hydrogen-bond donors (Lipinski definition) is 0. The molecule has 3 aromatic rings. The summed E-state index contributed by atoms with van der Waals surface area (Å²) >= 11 is 3.62. The first-order chi connectivity index (χ1) is 11.1. The summed E-state index contributed by atoms with van der Waals surface area (Å²) in [5, 5.41) is 6.63. The maximum Gasteiger partial charge on any atom is 0.192 e. The molecule has 23 heavy (non-hydrogen) atoms. The van der Waals surface area contributed by atoms with Crippen LogP contribution >= 0.6 is 23.1 Å². The van der Waals surface area contributed by atoms with Crippen LogP contribution in [-0.2, 0) is 12.8 Å². The molecule has 4 rings (SSSR count). The van der Waals surface area contributed by atoms with E-state index in [2.05, 4.69) is 36.0 Å². The Morgan fingerprint density at radius 2 is 2.30 bits per heavy atom. The number of nitrogens with zero attached hydrogens (tertiary/aromatic N) is 5. The van der Waals surface area contributed by atoms with Crippen molar-refractivity contribution in [2.24, 2.45) is 5.92 Å². The normalized spacial score (nSPS) is 18.2. The molecule has 1 aliphatic rings. The van der Waals surface area contributed by atoms with E-state index in [0.717, 1.165) is 40.3 Å². The third-order valence-electron chi connectivity index (χ3n) is 4.41. The lowest BCUT2D eigenvalue weighted by Gasteiger charge is -2.17. The van der Waals surface area contributed by atoms with Gasteiger partial charge in [0.15, 0.2) is 10.8 Å². The second kappa shape index (κ2) is 6.03. The Labute approximate surface area is 144 Å². The largest absolute Gasteiger partial charge is 0.309 e. The Morgan fingerprint density at radius 1 is 1.43 bits per heavy atom. The number of thiophene rings is 1. The van der Waals surface area contributed by atoms with Gasteiger partial charge in [-0.15, -0.1) is 11.3 Å². The molecule has 5 nitrogen and oxygen atoms in total. The van der Waals surface area contributed by atoms with E-state index in [1.54, 1.807) is 18.1 Å². The highest BCUT2D eigenvalue weighted by Crippen LogP contribution is 2.39. The van der Waals surface area contributed by atoms with E-state index in [-0.39, 0.29) is 0 Å². The molecule has 3 aromatic heterocycles. The van der Waals surface area contributed by atoms with Crippen molar-refractivity contribution in [2.45, 2.75) is 31.3 Å². The van der Waals surface area contributed by atoms with Crippen molar-refractivity contribution >= 4 is 39.0 Å². The quantitative estimate of drug-likeness (QED) is 0.536. The minimum Gasteiger partial charge on any atom is -0.309 e. The van der Waals surface area contributed by atoms with Crippen LogP contribution < -0.4 is 0 Å². The minimum atomic E-state index is 0.748. The van der Waals surface area contributed by atoms with E-state index < -0.39 is 0 Å². The minimum absolute atomic E-state index is 0.748. The van der Waals surface area contributed by atoms with Gasteiger partial charge in [0.1, 0.15) is 11.2 Å². The summed E-state index contributed by atoms with van der Waals surface area (Å²) < 4.78 is 1.93. The molecule has 1 aliphatic carbocycles. The smallest absolute Gasteiger partial charge is 0.192 e. The maximum atomic E-state index is 4.93. The van der Waals surface area contributed by atoms with Crippen molar-refractivity contribution < 1.29 is 0 Å². The predicted octanol–water partition coefficient (Wildman–Crippen LogP) is 3.12. The summed E-state index contributed by atoms with van der Waals surface area (Å²) in [6, 6.07) is 0. The van der Waals surface area contributed by atoms with Gasteiger partial charge in [0.05, 0.1) is 5.39 Å². The van der Waals surface area contributed by atoms with Gasteiger partial charge in [-0.3, -0.25) is 0 Å². The summed E-state index contributed by atoms with van der Waals surface area (Å²) in [5.74, 6) is 1.75. The fourth-order valence-electron chi connectivity index (χ4n) is 3.15. The topological polar surface area (TPSA) is 46.3 Å². The van der Waals surface area contributed by atoms with Gasteiger partial charge in [0.25, 0.3) is 0 Å². The van der Waals surface area contributed by atoms with Crippen molar-refractivity contribution in [1.29, 1.82) is 0 Å². The molecule has 0 radical (unpaired) electrons. The molecule has 0 amide bonds. The van der Waals surface area contributed by atoms with E-state index in [1.165, 1.54) is 28.7 Å². The Kier molecular flexibility index (Phi) is 4.03. The number of hydrogen-bond acceptors (Lipinski definition) is 6. The fraction of sp³-hybridized carbons (Fsp3) is 0.562. The lowest BCUT2D eigenvalue weighted by Crippen LogP contribution is -2.15. The van der Waals surface area contributed by atoms with Gasteiger partial charge in [0.2, 0.25) is 0 Å². The predicted molar refractivity (Wildman–Crippen MR) is 96.6 cm³/mol. The van der Waals surface area contributed by atoms with E-state index in [9.17, 15) is 0 Å². The van der Waals surface area contributed by atoms with Crippen molar-refractivity contribution in [3.05, 3.63) is 16.8 Å². The average Bonchev–Trinajstić information content (AvgIpc) is 3.10. The molecule has 0 bridgehead atoms. The number of rotatable bonds is 4. The molecular formula is C16H21N5S2. The first-order valence-corrected chi connectivity index (χ1v) is 9.85. The molecule has 1 unspecified atom stereocenters. The zero-order valence-corrected chi connectivity index (χ0v) is 15.4. The van der Waals surface area contributed by atoms with Crippen molar-refractivity contribution in [2.75, 3.05) is 26.4 Å². The molecule has 0 N–H and O–H groups in total. The van der Waals surface area contributed by atoms with Crippen LogP contribution in [0.2, 0.25) is 0 Å². The van der Waals surface area contributed by atoms with Crippen molar-refractivity contribution in [3.63, 3.8) is 0 Å². The molecular weight excluding hydrogens is 326 g/mol. The summed E-state index contributed by atoms with van der Waals surface area (Å²) in [4.78, 5) is 14.3. The zero-order valence-electron chi connectivity index (χ0n) is 13.7. The molecule has 0 aromatic carbocycles. The molecule has 0 saturated heterocycles. The zero-order chi connectivity index (χ0) is 16.0. The highest BCUT2D eigenvalue weighted by molar-refractivity contribution is 7.99. The molecule has 122 valence electrons. The number of fused-ring (bicyclic) bond motifs is 5. The lowest BCUT2D eigenvalue weighted by molar-refractivity contribution is 0.437. The van der Waals surface area contributed by atoms with Crippen LogP contribution in [0.1, 0.15) is 23.8 Å². The lowest BCUT2D eigenvalue weighted by atomic mass is 9.89. The highest BCUT2D eigenvalue weighted by atomic mass is 32.2. The summed E-state index contributed by atoms with van der Waals surface area (Å²) in [6.45, 7) is 3.37. The molecule has 0 aliphatic heterocycles. The first-order valence-electron chi connectivity index (χ1n) is 8.05. The van der Waals surface area contributed by atoms with Crippen LogP contribution in [0.3, 0.4) is 0 Å². The van der Waals surface area contributed by atoms with Gasteiger partial charge in [-0.25, -0.2) is 9.97 Å². The first kappa shape index (κ1) is 15.4. The molecule has 0 fully saturated rings. The number of aromatic nitrogens is 4. The third kappa shape index (κ3) is 2.75. The summed E-state index contributed by atoms with van der Waals surface area (Å²) in [7, 11) is 4.19. The van der Waals surface area contributed by atoms with Crippen LogP contribution in [0.15, 0.2) is 11.5 Å². The highest BCUT2D eigenvalue weighted by Gasteiger charge is 2.24. The molecule has 1 atom stereocenters. The van der Waals surface area contributed by atoms with Crippen molar-refractivity contribution in [1.82, 2.24) is 24.5 Å². The third-order valence-corrected chi connectivity index (χ3v) is 6.50. The van der Waals surface area contributed by atoms with Crippen LogP contribution in [0.4, 0.5) is 0 Å². The Hall–Kier alpha value is -1.18. The van der Waals surface area contributed by atoms with Gasteiger partial charge in [-0.2, -0.15) is 9.61 Å².